The van der Waals surface area contributed by atoms with Crippen molar-refractivity contribution in [2.45, 2.75) is 38.4 Å². The second-order valence-corrected chi connectivity index (χ2v) is 4.07. The highest BCUT2D eigenvalue weighted by Gasteiger charge is 2.26. The molecule has 0 radical (unpaired) electrons. The molecule has 0 aliphatic heterocycles. The maximum atomic E-state index is 13.2. The van der Waals surface area contributed by atoms with Crippen LogP contribution in [0.25, 0.3) is 0 Å². The lowest BCUT2D eigenvalue weighted by Gasteiger charge is -2.17. The van der Waals surface area contributed by atoms with E-state index in [0.717, 1.165) is 19.3 Å². The number of ether oxygens (including phenoxy) is 1. The van der Waals surface area contributed by atoms with E-state index in [1.807, 2.05) is 0 Å². The van der Waals surface area contributed by atoms with E-state index >= 15 is 0 Å². The quantitative estimate of drug-likeness (QED) is 0.812. The highest BCUT2D eigenvalue weighted by Crippen LogP contribution is 2.25. The van der Waals surface area contributed by atoms with Crippen LogP contribution >= 0.6 is 0 Å². The van der Waals surface area contributed by atoms with Crippen molar-refractivity contribution in [3.8, 4) is 5.75 Å². The molecule has 0 amide bonds. The Labute approximate surface area is 88.7 Å². The van der Waals surface area contributed by atoms with E-state index in [0.29, 0.717) is 11.3 Å². The first-order chi connectivity index (χ1) is 7.16. The van der Waals surface area contributed by atoms with E-state index < -0.39 is 6.10 Å². The van der Waals surface area contributed by atoms with Gasteiger partial charge in [0.1, 0.15) is 17.7 Å². The van der Waals surface area contributed by atoms with Crippen LogP contribution in [0.1, 0.15) is 24.8 Å². The van der Waals surface area contributed by atoms with Crippen molar-refractivity contribution in [3.63, 3.8) is 0 Å². The van der Waals surface area contributed by atoms with Crippen LogP contribution in [0.3, 0.4) is 0 Å². The Balaban J connectivity index is 2.07. The fourth-order valence-corrected chi connectivity index (χ4v) is 1.87. The Bertz CT molecular complexity index is 351. The van der Waals surface area contributed by atoms with Gasteiger partial charge in [0.25, 0.3) is 0 Å². The summed E-state index contributed by atoms with van der Waals surface area (Å²) in [4.78, 5) is 0. The van der Waals surface area contributed by atoms with Gasteiger partial charge in [0, 0.05) is 6.07 Å². The van der Waals surface area contributed by atoms with Gasteiger partial charge in [-0.25, -0.2) is 4.39 Å². The molecule has 15 heavy (non-hydrogen) atoms. The Kier molecular flexibility index (Phi) is 2.91. The summed E-state index contributed by atoms with van der Waals surface area (Å²) in [7, 11) is 0. The molecule has 1 N–H and O–H groups in total. The summed E-state index contributed by atoms with van der Waals surface area (Å²) in [5, 5.41) is 9.56. The smallest absolute Gasteiger partial charge is 0.129 e. The van der Waals surface area contributed by atoms with E-state index in [1.54, 1.807) is 19.1 Å². The van der Waals surface area contributed by atoms with Gasteiger partial charge < -0.3 is 9.84 Å². The van der Waals surface area contributed by atoms with E-state index in [9.17, 15) is 9.50 Å². The third kappa shape index (κ3) is 2.29. The average Bonchev–Trinajstić information content (AvgIpc) is 2.59. The molecule has 2 rings (SSSR count). The van der Waals surface area contributed by atoms with Crippen LogP contribution in [0, 0.1) is 12.7 Å². The maximum absolute atomic E-state index is 13.2. The Hall–Kier alpha value is -1.09. The van der Waals surface area contributed by atoms with Gasteiger partial charge >= 0.3 is 0 Å². The zero-order chi connectivity index (χ0) is 10.8. The van der Waals surface area contributed by atoms with Crippen LogP contribution in [0.4, 0.5) is 4.39 Å². The molecule has 1 aromatic carbocycles. The topological polar surface area (TPSA) is 29.5 Å². The van der Waals surface area contributed by atoms with Crippen molar-refractivity contribution >= 4 is 0 Å². The number of rotatable bonds is 2. The molecular weight excluding hydrogens is 195 g/mol. The van der Waals surface area contributed by atoms with Crippen molar-refractivity contribution in [2.24, 2.45) is 0 Å². The summed E-state index contributed by atoms with van der Waals surface area (Å²) in [6, 6.07) is 4.80. The molecule has 0 spiro atoms. The van der Waals surface area contributed by atoms with Crippen LogP contribution < -0.4 is 4.74 Å². The van der Waals surface area contributed by atoms with Gasteiger partial charge in [0.15, 0.2) is 0 Å². The number of aryl methyl sites for hydroxylation is 1. The highest BCUT2D eigenvalue weighted by molar-refractivity contribution is 5.28. The molecule has 1 aromatic rings. The van der Waals surface area contributed by atoms with Crippen LogP contribution in [0.2, 0.25) is 0 Å². The minimum absolute atomic E-state index is 0.174. The minimum Gasteiger partial charge on any atom is -0.488 e. The first kappa shape index (κ1) is 10.4. The number of halogens is 1. The lowest BCUT2D eigenvalue weighted by Crippen LogP contribution is -2.25. The highest BCUT2D eigenvalue weighted by atomic mass is 19.1. The summed E-state index contributed by atoms with van der Waals surface area (Å²) >= 11 is 0. The van der Waals surface area contributed by atoms with Gasteiger partial charge in [-0.05, 0) is 37.8 Å². The van der Waals surface area contributed by atoms with Crippen molar-refractivity contribution in [3.05, 3.63) is 29.6 Å². The van der Waals surface area contributed by atoms with E-state index in [2.05, 4.69) is 0 Å². The summed E-state index contributed by atoms with van der Waals surface area (Å²) in [6.45, 7) is 1.71. The summed E-state index contributed by atoms with van der Waals surface area (Å²) in [6.07, 6.45) is 2.01. The predicted octanol–water partition coefficient (Wildman–Crippen LogP) is 2.43. The zero-order valence-corrected chi connectivity index (χ0v) is 8.74. The third-order valence-corrected chi connectivity index (χ3v) is 2.85. The Morgan fingerprint density at radius 2 is 2.20 bits per heavy atom. The number of hydrogen-bond donors (Lipinski definition) is 1. The Morgan fingerprint density at radius 3 is 2.80 bits per heavy atom. The van der Waals surface area contributed by atoms with Crippen LogP contribution in [0.5, 0.6) is 5.75 Å². The standard InChI is InChI=1S/C12H15FO2/c1-8-5-6-9(7-10(8)13)15-12-4-2-3-11(12)14/h5-7,11-12,14H,2-4H2,1H3. The van der Waals surface area contributed by atoms with Gasteiger partial charge in [0.2, 0.25) is 0 Å². The predicted molar refractivity (Wildman–Crippen MR) is 55.4 cm³/mol. The molecular formula is C12H15FO2. The molecule has 82 valence electrons. The van der Waals surface area contributed by atoms with Crippen molar-refractivity contribution in [2.75, 3.05) is 0 Å². The second-order valence-electron chi connectivity index (χ2n) is 4.07. The number of benzene rings is 1. The SMILES string of the molecule is Cc1ccc(OC2CCCC2O)cc1F. The largest absolute Gasteiger partial charge is 0.488 e. The molecule has 0 heterocycles. The normalized spacial score (nSPS) is 25.5. The fraction of sp³-hybridized carbons (Fsp3) is 0.500. The number of aliphatic hydroxyl groups is 1. The fourth-order valence-electron chi connectivity index (χ4n) is 1.87. The second kappa shape index (κ2) is 4.19. The van der Waals surface area contributed by atoms with Gasteiger partial charge in [-0.15, -0.1) is 0 Å². The minimum atomic E-state index is -0.408. The van der Waals surface area contributed by atoms with Crippen LogP contribution in [0.15, 0.2) is 18.2 Å². The molecule has 0 saturated heterocycles. The van der Waals surface area contributed by atoms with Crippen molar-refractivity contribution in [1.29, 1.82) is 0 Å². The molecule has 1 saturated carbocycles. The van der Waals surface area contributed by atoms with Gasteiger partial charge in [-0.1, -0.05) is 6.07 Å². The summed E-state index contributed by atoms with van der Waals surface area (Å²) in [5.41, 5.74) is 0.606. The Morgan fingerprint density at radius 1 is 1.40 bits per heavy atom. The van der Waals surface area contributed by atoms with Gasteiger partial charge in [-0.2, -0.15) is 0 Å². The molecule has 1 fully saturated rings. The van der Waals surface area contributed by atoms with E-state index in [-0.39, 0.29) is 11.9 Å². The molecule has 1 aliphatic carbocycles. The average molecular weight is 210 g/mol. The molecule has 0 bridgehead atoms. The van der Waals surface area contributed by atoms with Crippen LogP contribution in [-0.4, -0.2) is 17.3 Å². The van der Waals surface area contributed by atoms with E-state index in [4.69, 9.17) is 4.74 Å². The lowest BCUT2D eigenvalue weighted by atomic mass is 10.2. The zero-order valence-electron chi connectivity index (χ0n) is 8.74. The number of hydrogen-bond acceptors (Lipinski definition) is 2. The summed E-state index contributed by atoms with van der Waals surface area (Å²) < 4.78 is 18.7. The molecule has 2 nitrogen and oxygen atoms in total. The van der Waals surface area contributed by atoms with Crippen molar-refractivity contribution in [1.82, 2.24) is 0 Å². The van der Waals surface area contributed by atoms with Crippen molar-refractivity contribution < 1.29 is 14.2 Å². The lowest BCUT2D eigenvalue weighted by molar-refractivity contribution is 0.0602. The summed E-state index contributed by atoms with van der Waals surface area (Å²) in [5.74, 6) is 0.240. The third-order valence-electron chi connectivity index (χ3n) is 2.85. The first-order valence-corrected chi connectivity index (χ1v) is 5.27. The molecule has 1 aliphatic rings. The van der Waals surface area contributed by atoms with Gasteiger partial charge in [-0.3, -0.25) is 0 Å². The van der Waals surface area contributed by atoms with Crippen LogP contribution in [-0.2, 0) is 0 Å². The molecule has 2 atom stereocenters. The molecule has 0 aromatic heterocycles. The molecule has 2 unspecified atom stereocenters. The monoisotopic (exact) mass is 210 g/mol. The number of aliphatic hydroxyl groups excluding tert-OH is 1. The molecule has 3 heteroatoms. The van der Waals surface area contributed by atoms with E-state index in [1.165, 1.54) is 6.07 Å². The first-order valence-electron chi connectivity index (χ1n) is 5.27. The maximum Gasteiger partial charge on any atom is 0.129 e. The van der Waals surface area contributed by atoms with Gasteiger partial charge in [0.05, 0.1) is 6.10 Å².